The van der Waals surface area contributed by atoms with Crippen LogP contribution < -0.4 is 15.8 Å². The summed E-state index contributed by atoms with van der Waals surface area (Å²) >= 11 is 0. The summed E-state index contributed by atoms with van der Waals surface area (Å²) in [6, 6.07) is 4.44. The molecule has 0 radical (unpaired) electrons. The first-order chi connectivity index (χ1) is 12.4. The lowest BCUT2D eigenvalue weighted by Gasteiger charge is -2.14. The molecule has 1 atom stereocenters. The lowest BCUT2D eigenvalue weighted by Crippen LogP contribution is -2.17. The van der Waals surface area contributed by atoms with Gasteiger partial charge >= 0.3 is 6.09 Å². The molecule has 0 unspecified atom stereocenters. The number of benzene rings is 1. The molecule has 2 heterocycles. The van der Waals surface area contributed by atoms with Crippen molar-refractivity contribution in [2.24, 2.45) is 5.73 Å². The molecule has 1 amide bonds. The molecule has 0 spiro atoms. The van der Waals surface area contributed by atoms with Crippen molar-refractivity contribution in [2.45, 2.75) is 12.5 Å². The number of sulfonamides is 1. The van der Waals surface area contributed by atoms with Gasteiger partial charge in [-0.25, -0.2) is 18.2 Å². The Labute approximate surface area is 150 Å². The lowest BCUT2D eigenvalue weighted by atomic mass is 10.1. The summed E-state index contributed by atoms with van der Waals surface area (Å²) in [5.41, 5.74) is 7.85. The van der Waals surface area contributed by atoms with Gasteiger partial charge in [0.2, 0.25) is 10.0 Å². The predicted molar refractivity (Wildman–Crippen MR) is 98.1 cm³/mol. The molecule has 3 rings (SSSR count). The smallest absolute Gasteiger partial charge is 0.411 e. The van der Waals surface area contributed by atoms with Crippen LogP contribution in [-0.2, 0) is 14.8 Å². The number of methoxy groups -OCH3 is 1. The zero-order valence-corrected chi connectivity index (χ0v) is 14.8. The molecule has 0 fully saturated rings. The van der Waals surface area contributed by atoms with E-state index >= 15 is 0 Å². The second-order valence-corrected chi connectivity index (χ2v) is 7.51. The number of rotatable bonds is 1. The first kappa shape index (κ1) is 18.0. The number of hydrogen-bond acceptors (Lipinski definition) is 6. The molecule has 1 aliphatic heterocycles. The fourth-order valence-electron chi connectivity index (χ4n) is 2.52. The van der Waals surface area contributed by atoms with Crippen molar-refractivity contribution in [3.8, 4) is 11.3 Å². The molecule has 0 saturated carbocycles. The van der Waals surface area contributed by atoms with Crippen LogP contribution in [0.2, 0.25) is 0 Å². The molecule has 0 aliphatic carbocycles. The van der Waals surface area contributed by atoms with E-state index in [-0.39, 0.29) is 11.8 Å². The molecule has 10 heteroatoms. The number of H-pyrrole nitrogens is 1. The zero-order valence-electron chi connectivity index (χ0n) is 14.0. The van der Waals surface area contributed by atoms with Gasteiger partial charge in [-0.2, -0.15) is 0 Å². The number of carbonyl (C=O) groups excluding carboxylic acids is 1. The van der Waals surface area contributed by atoms with E-state index in [1.54, 1.807) is 30.5 Å². The van der Waals surface area contributed by atoms with Crippen LogP contribution in [0.4, 0.5) is 16.2 Å². The van der Waals surface area contributed by atoms with Crippen molar-refractivity contribution in [1.82, 2.24) is 9.97 Å². The number of imidazole rings is 1. The highest BCUT2D eigenvalue weighted by molar-refractivity contribution is 7.92. The average Bonchev–Trinajstić information content (AvgIpc) is 3.07. The van der Waals surface area contributed by atoms with Crippen molar-refractivity contribution in [1.29, 1.82) is 0 Å². The summed E-state index contributed by atoms with van der Waals surface area (Å²) < 4.78 is 31.8. The van der Waals surface area contributed by atoms with Crippen molar-refractivity contribution >= 4 is 27.5 Å². The molecule has 26 heavy (non-hydrogen) atoms. The van der Waals surface area contributed by atoms with Crippen molar-refractivity contribution in [3.63, 3.8) is 0 Å². The highest BCUT2D eigenvalue weighted by Crippen LogP contribution is 2.31. The highest BCUT2D eigenvalue weighted by atomic mass is 32.2. The summed E-state index contributed by atoms with van der Waals surface area (Å²) in [6.07, 6.45) is 4.74. The maximum atomic E-state index is 12.3. The molecule has 5 N–H and O–H groups in total. The predicted octanol–water partition coefficient (Wildman–Crippen LogP) is 1.96. The Morgan fingerprint density at radius 2 is 2.19 bits per heavy atom. The van der Waals surface area contributed by atoms with Gasteiger partial charge in [-0.15, -0.1) is 0 Å². The maximum Gasteiger partial charge on any atom is 0.411 e. The number of nitrogens with one attached hydrogen (secondary N) is 3. The number of carbonyl (C=O) groups is 1. The fourth-order valence-corrected chi connectivity index (χ4v) is 3.50. The van der Waals surface area contributed by atoms with Crippen LogP contribution in [-0.4, -0.2) is 37.3 Å². The lowest BCUT2D eigenvalue weighted by molar-refractivity contribution is 0.187. The van der Waals surface area contributed by atoms with Gasteiger partial charge in [-0.3, -0.25) is 10.0 Å². The van der Waals surface area contributed by atoms with Crippen LogP contribution in [0, 0.1) is 0 Å². The van der Waals surface area contributed by atoms with Gasteiger partial charge in [0.1, 0.15) is 5.82 Å². The Kier molecular flexibility index (Phi) is 4.96. The van der Waals surface area contributed by atoms with E-state index in [4.69, 9.17) is 5.73 Å². The minimum Gasteiger partial charge on any atom is -0.453 e. The quantitative estimate of drug-likeness (QED) is 0.560. The molecule has 1 aromatic carbocycles. The van der Waals surface area contributed by atoms with Crippen LogP contribution in [0.1, 0.15) is 18.3 Å². The zero-order chi connectivity index (χ0) is 18.7. The van der Waals surface area contributed by atoms with E-state index in [1.165, 1.54) is 13.2 Å². The summed E-state index contributed by atoms with van der Waals surface area (Å²) in [4.78, 5) is 18.9. The van der Waals surface area contributed by atoms with E-state index < -0.39 is 16.1 Å². The van der Waals surface area contributed by atoms with Gasteiger partial charge in [-0.1, -0.05) is 12.2 Å². The summed E-state index contributed by atoms with van der Waals surface area (Å²) in [5, 5.41) is 2.50. The molecular weight excluding hydrogens is 358 g/mol. The van der Waals surface area contributed by atoms with Crippen LogP contribution in [0.5, 0.6) is 0 Å². The largest absolute Gasteiger partial charge is 0.453 e. The van der Waals surface area contributed by atoms with Crippen LogP contribution in [0.15, 0.2) is 36.5 Å². The number of amides is 1. The van der Waals surface area contributed by atoms with Crippen LogP contribution in [0.25, 0.3) is 11.3 Å². The number of aromatic nitrogens is 2. The minimum absolute atomic E-state index is 0.188. The SMILES string of the molecule is COC(=O)Nc1ccc2c(c1)NS(=O)(=O)C/C=C\C[C@H](N)c1nc-2c[nH]1. The van der Waals surface area contributed by atoms with Gasteiger partial charge in [0.05, 0.1) is 30.3 Å². The summed E-state index contributed by atoms with van der Waals surface area (Å²) in [5.74, 6) is 0.419. The Morgan fingerprint density at radius 3 is 2.96 bits per heavy atom. The first-order valence-corrected chi connectivity index (χ1v) is 9.49. The Morgan fingerprint density at radius 1 is 1.38 bits per heavy atom. The third-order valence-corrected chi connectivity index (χ3v) is 4.98. The first-order valence-electron chi connectivity index (χ1n) is 7.84. The Balaban J connectivity index is 2.09. The summed E-state index contributed by atoms with van der Waals surface area (Å²) in [7, 11) is -2.38. The molecule has 2 bridgehead atoms. The Hall–Kier alpha value is -2.85. The Bertz CT molecular complexity index is 951. The van der Waals surface area contributed by atoms with Gasteiger partial charge < -0.3 is 15.5 Å². The third kappa shape index (κ3) is 4.03. The number of nitrogens with zero attached hydrogens (tertiary/aromatic N) is 1. The molecular formula is C16H19N5O4S. The van der Waals surface area contributed by atoms with Crippen molar-refractivity contribution in [3.05, 3.63) is 42.4 Å². The number of ether oxygens (including phenoxy) is 1. The van der Waals surface area contributed by atoms with Gasteiger partial charge in [0.15, 0.2) is 0 Å². The van der Waals surface area contributed by atoms with E-state index in [2.05, 4.69) is 24.7 Å². The van der Waals surface area contributed by atoms with E-state index in [9.17, 15) is 13.2 Å². The molecule has 9 nitrogen and oxygen atoms in total. The topological polar surface area (TPSA) is 139 Å². The van der Waals surface area contributed by atoms with Crippen LogP contribution in [0.3, 0.4) is 0 Å². The molecule has 1 aliphatic rings. The van der Waals surface area contributed by atoms with E-state index in [1.807, 2.05) is 0 Å². The van der Waals surface area contributed by atoms with Crippen molar-refractivity contribution in [2.75, 3.05) is 22.9 Å². The van der Waals surface area contributed by atoms with Crippen molar-refractivity contribution < 1.29 is 17.9 Å². The van der Waals surface area contributed by atoms with Gasteiger partial charge in [-0.05, 0) is 24.6 Å². The monoisotopic (exact) mass is 377 g/mol. The number of hydrogen-bond donors (Lipinski definition) is 4. The minimum atomic E-state index is -3.63. The third-order valence-electron chi connectivity index (χ3n) is 3.81. The number of fused-ring (bicyclic) bond motifs is 4. The average molecular weight is 377 g/mol. The second-order valence-electron chi connectivity index (χ2n) is 5.74. The summed E-state index contributed by atoms with van der Waals surface area (Å²) in [6.45, 7) is 0. The molecule has 0 saturated heterocycles. The standard InChI is InChI=1S/C16H19N5O4S/c1-25-16(22)19-10-5-6-11-13(8-10)21-26(23,24)7-3-2-4-12(17)15-18-9-14(11)20-15/h2-3,5-6,8-9,12,21H,4,7,17H2,1H3,(H,18,20)(H,19,22)/b3-2-/t12-/m0/s1. The highest BCUT2D eigenvalue weighted by Gasteiger charge is 2.18. The number of nitrogens with two attached hydrogens (primary N) is 1. The second kappa shape index (κ2) is 7.18. The maximum absolute atomic E-state index is 12.3. The van der Waals surface area contributed by atoms with E-state index in [0.29, 0.717) is 34.9 Å². The van der Waals surface area contributed by atoms with E-state index in [0.717, 1.165) is 0 Å². The van der Waals surface area contributed by atoms with Gasteiger partial charge in [0, 0.05) is 17.4 Å². The van der Waals surface area contributed by atoms with Crippen LogP contribution >= 0.6 is 0 Å². The number of anilines is 2. The molecule has 138 valence electrons. The molecule has 2 aromatic rings. The van der Waals surface area contributed by atoms with Gasteiger partial charge in [0.25, 0.3) is 0 Å². The molecule has 1 aromatic heterocycles. The fraction of sp³-hybridized carbons (Fsp3) is 0.250. The normalized spacial score (nSPS) is 19.8. The number of aromatic amines is 1.